The Morgan fingerprint density at radius 3 is 2.57 bits per heavy atom. The standard InChI is InChI=1S/C24H22F4N4O5/c1-10-3-4-24(21(28)11(2)30-37-24)17-9-31(10)23(36)18-20(34)19(33)14(8-32(17)18)22(35)29-7-13-15(26)5-12(25)6-16(13)27/h5-6,8,10,17,21,34H,3-4,7,9H2,1-2H3,(H,29,35)/t10-,17-,21-,24+/m0/s1. The average Bonchev–Trinajstić information content (AvgIpc) is 3.05. The van der Waals surface area contributed by atoms with Gasteiger partial charge in [-0.15, -0.1) is 0 Å². The smallest absolute Gasteiger partial charge is 0.274 e. The van der Waals surface area contributed by atoms with E-state index < -0.39 is 81.6 Å². The summed E-state index contributed by atoms with van der Waals surface area (Å²) in [6.07, 6.45) is -0.144. The number of hydrogen-bond donors (Lipinski definition) is 2. The van der Waals surface area contributed by atoms with Crippen LogP contribution in [-0.4, -0.2) is 56.5 Å². The molecule has 4 heterocycles. The second kappa shape index (κ2) is 8.60. The largest absolute Gasteiger partial charge is 0.503 e. The number of fused-ring (bicyclic) bond motifs is 5. The van der Waals surface area contributed by atoms with Gasteiger partial charge in [-0.2, -0.15) is 0 Å². The number of nitrogens with zero attached hydrogens (tertiary/aromatic N) is 3. The minimum absolute atomic E-state index is 0.0361. The molecule has 196 valence electrons. The molecule has 37 heavy (non-hydrogen) atoms. The van der Waals surface area contributed by atoms with Crippen LogP contribution in [0.25, 0.3) is 0 Å². The van der Waals surface area contributed by atoms with Gasteiger partial charge in [0.25, 0.3) is 11.8 Å². The first-order valence-corrected chi connectivity index (χ1v) is 11.5. The topological polar surface area (TPSA) is 113 Å². The van der Waals surface area contributed by atoms with E-state index in [1.807, 2.05) is 0 Å². The zero-order valence-corrected chi connectivity index (χ0v) is 19.7. The molecule has 9 nitrogen and oxygen atoms in total. The van der Waals surface area contributed by atoms with E-state index in [4.69, 9.17) is 4.84 Å². The normalized spacial score (nSPS) is 26.4. The fraction of sp³-hybridized carbons (Fsp3) is 0.417. The van der Waals surface area contributed by atoms with E-state index in [0.717, 1.165) is 10.8 Å². The Morgan fingerprint density at radius 2 is 1.95 bits per heavy atom. The molecule has 0 unspecified atom stereocenters. The molecule has 0 aliphatic carbocycles. The number of hydrogen-bond acceptors (Lipinski definition) is 6. The van der Waals surface area contributed by atoms with E-state index in [2.05, 4.69) is 10.5 Å². The fourth-order valence-corrected chi connectivity index (χ4v) is 5.27. The molecule has 4 atom stereocenters. The maximum Gasteiger partial charge on any atom is 0.274 e. The Morgan fingerprint density at radius 1 is 1.27 bits per heavy atom. The Kier molecular flexibility index (Phi) is 5.76. The molecule has 3 aliphatic rings. The van der Waals surface area contributed by atoms with Crippen LogP contribution in [0.5, 0.6) is 5.75 Å². The van der Waals surface area contributed by atoms with Crippen molar-refractivity contribution in [3.63, 3.8) is 0 Å². The second-order valence-corrected chi connectivity index (χ2v) is 9.51. The average molecular weight is 522 g/mol. The number of halogens is 4. The lowest BCUT2D eigenvalue weighted by Gasteiger charge is -2.42. The summed E-state index contributed by atoms with van der Waals surface area (Å²) in [7, 11) is 0. The molecule has 13 heteroatoms. The number of alkyl halides is 1. The van der Waals surface area contributed by atoms with Gasteiger partial charge in [-0.1, -0.05) is 5.16 Å². The number of amides is 2. The van der Waals surface area contributed by atoms with Crippen LogP contribution in [0.4, 0.5) is 17.6 Å². The van der Waals surface area contributed by atoms with Gasteiger partial charge >= 0.3 is 0 Å². The van der Waals surface area contributed by atoms with Gasteiger partial charge in [-0.3, -0.25) is 14.4 Å². The molecular weight excluding hydrogens is 500 g/mol. The quantitative estimate of drug-likeness (QED) is 0.602. The zero-order chi connectivity index (χ0) is 26.8. The van der Waals surface area contributed by atoms with Crippen LogP contribution in [0, 0.1) is 17.5 Å². The highest BCUT2D eigenvalue weighted by Gasteiger charge is 2.59. The SMILES string of the molecule is CC1=NO[C@@]2(CC[C@H](C)N3C[C@@H]2n2cc(C(=O)NCc4c(F)cc(F)cc4F)c(=O)c(O)c2C3=O)[C@H]1F. The predicted molar refractivity (Wildman–Crippen MR) is 120 cm³/mol. The summed E-state index contributed by atoms with van der Waals surface area (Å²) in [5, 5.41) is 16.7. The lowest BCUT2D eigenvalue weighted by Crippen LogP contribution is -2.55. The molecule has 1 saturated heterocycles. The molecule has 1 fully saturated rings. The molecule has 0 saturated carbocycles. The minimum atomic E-state index is -1.66. The first-order valence-electron chi connectivity index (χ1n) is 11.5. The van der Waals surface area contributed by atoms with E-state index in [9.17, 15) is 32.7 Å². The van der Waals surface area contributed by atoms with Gasteiger partial charge in [0.15, 0.2) is 23.2 Å². The third-order valence-corrected chi connectivity index (χ3v) is 7.36. The summed E-state index contributed by atoms with van der Waals surface area (Å²) < 4.78 is 57.8. The number of carbonyl (C=O) groups is 2. The highest BCUT2D eigenvalue weighted by molar-refractivity contribution is 5.99. The van der Waals surface area contributed by atoms with Gasteiger partial charge in [-0.25, -0.2) is 17.6 Å². The van der Waals surface area contributed by atoms with Crippen molar-refractivity contribution >= 4 is 17.5 Å². The van der Waals surface area contributed by atoms with Crippen molar-refractivity contribution in [3.05, 3.63) is 62.8 Å². The summed E-state index contributed by atoms with van der Waals surface area (Å²) in [5.74, 6) is -6.46. The highest BCUT2D eigenvalue weighted by Crippen LogP contribution is 2.47. The van der Waals surface area contributed by atoms with E-state index >= 15 is 4.39 Å². The third kappa shape index (κ3) is 3.66. The van der Waals surface area contributed by atoms with Crippen molar-refractivity contribution in [2.45, 2.75) is 57.1 Å². The lowest BCUT2D eigenvalue weighted by atomic mass is 9.82. The molecule has 2 N–H and O–H groups in total. The number of oxime groups is 1. The summed E-state index contributed by atoms with van der Waals surface area (Å²) in [6.45, 7) is 2.44. The molecule has 2 aromatic rings. The number of aromatic nitrogens is 1. The van der Waals surface area contributed by atoms with Gasteiger partial charge in [0, 0.05) is 43.0 Å². The number of aromatic hydroxyl groups is 1. The van der Waals surface area contributed by atoms with Gasteiger partial charge in [0.2, 0.25) is 5.43 Å². The minimum Gasteiger partial charge on any atom is -0.503 e. The molecule has 1 spiro atoms. The van der Waals surface area contributed by atoms with E-state index in [1.165, 1.54) is 11.8 Å². The maximum absolute atomic E-state index is 15.5. The first-order chi connectivity index (χ1) is 17.5. The van der Waals surface area contributed by atoms with Crippen LogP contribution in [-0.2, 0) is 11.4 Å². The highest BCUT2D eigenvalue weighted by atomic mass is 19.1. The van der Waals surface area contributed by atoms with Crippen molar-refractivity contribution in [2.75, 3.05) is 6.54 Å². The van der Waals surface area contributed by atoms with Gasteiger partial charge < -0.3 is 24.7 Å². The van der Waals surface area contributed by atoms with Crippen molar-refractivity contribution in [1.29, 1.82) is 0 Å². The molecule has 2 amide bonds. The van der Waals surface area contributed by atoms with Crippen LogP contribution < -0.4 is 10.7 Å². The van der Waals surface area contributed by atoms with Crippen LogP contribution in [0.3, 0.4) is 0 Å². The Labute approximate surface area is 207 Å². The van der Waals surface area contributed by atoms with E-state index in [-0.39, 0.29) is 24.7 Å². The first kappa shape index (κ1) is 24.8. The van der Waals surface area contributed by atoms with Gasteiger partial charge in [-0.05, 0) is 26.7 Å². The maximum atomic E-state index is 15.5. The number of carbonyl (C=O) groups excluding carboxylic acids is 2. The van der Waals surface area contributed by atoms with Crippen LogP contribution in [0.1, 0.15) is 59.1 Å². The van der Waals surface area contributed by atoms with Crippen molar-refractivity contribution in [2.24, 2.45) is 5.16 Å². The van der Waals surface area contributed by atoms with Crippen LogP contribution in [0.2, 0.25) is 0 Å². The Bertz CT molecular complexity index is 1400. The second-order valence-electron chi connectivity index (χ2n) is 9.51. The summed E-state index contributed by atoms with van der Waals surface area (Å²) in [4.78, 5) is 46.1. The fourth-order valence-electron chi connectivity index (χ4n) is 5.27. The molecule has 1 aromatic carbocycles. The van der Waals surface area contributed by atoms with Crippen LogP contribution in [0.15, 0.2) is 28.3 Å². The molecular formula is C24H22F4N4O5. The monoisotopic (exact) mass is 522 g/mol. The van der Waals surface area contributed by atoms with Gasteiger partial charge in [0.1, 0.15) is 23.0 Å². The molecule has 1 aromatic heterocycles. The number of rotatable bonds is 3. The molecule has 5 rings (SSSR count). The third-order valence-electron chi connectivity index (χ3n) is 7.36. The predicted octanol–water partition coefficient (Wildman–Crippen LogP) is 2.56. The number of pyridine rings is 1. The number of nitrogens with one attached hydrogen (secondary N) is 1. The van der Waals surface area contributed by atoms with Crippen molar-refractivity contribution in [3.8, 4) is 5.75 Å². The van der Waals surface area contributed by atoms with Crippen molar-refractivity contribution in [1.82, 2.24) is 14.8 Å². The summed E-state index contributed by atoms with van der Waals surface area (Å²) in [5.41, 5.74) is -4.39. The Hall–Kier alpha value is -3.90. The molecule has 0 radical (unpaired) electrons. The van der Waals surface area contributed by atoms with Gasteiger partial charge in [0.05, 0.1) is 11.8 Å². The zero-order valence-electron chi connectivity index (χ0n) is 19.7. The summed E-state index contributed by atoms with van der Waals surface area (Å²) in [6, 6.07) is -0.454. The number of benzene rings is 1. The lowest BCUT2D eigenvalue weighted by molar-refractivity contribution is -0.0956. The molecule has 2 bridgehead atoms. The van der Waals surface area contributed by atoms with E-state index in [1.54, 1.807) is 6.92 Å². The summed E-state index contributed by atoms with van der Waals surface area (Å²) >= 11 is 0. The van der Waals surface area contributed by atoms with Crippen LogP contribution >= 0.6 is 0 Å². The van der Waals surface area contributed by atoms with Crippen molar-refractivity contribution < 1.29 is 37.1 Å². The van der Waals surface area contributed by atoms with E-state index in [0.29, 0.717) is 18.6 Å². The Balaban J connectivity index is 1.57. The molecule has 3 aliphatic heterocycles.